The first-order valence-electron chi connectivity index (χ1n) is 8.34. The third-order valence-electron chi connectivity index (χ3n) is 4.91. The van der Waals surface area contributed by atoms with Crippen molar-refractivity contribution in [2.45, 2.75) is 50.7 Å². The van der Waals surface area contributed by atoms with Crippen LogP contribution >= 0.6 is 12.4 Å². The molecule has 2 aliphatic rings. The van der Waals surface area contributed by atoms with E-state index >= 15 is 0 Å². The van der Waals surface area contributed by atoms with Crippen LogP contribution in [-0.2, 0) is 15.1 Å². The number of rotatable bonds is 4. The van der Waals surface area contributed by atoms with Crippen molar-refractivity contribution in [2.75, 3.05) is 19.6 Å². The molecule has 3 rings (SSSR count). The van der Waals surface area contributed by atoms with Crippen LogP contribution in [0.2, 0.25) is 0 Å². The SMILES string of the molecule is CC(C)N1CC(NC(=O)C2(n3cccn3)CCNCC2)CC1=O.Cl. The van der Waals surface area contributed by atoms with Gasteiger partial charge >= 0.3 is 0 Å². The van der Waals surface area contributed by atoms with Gasteiger partial charge in [0, 0.05) is 31.4 Å². The Morgan fingerprint density at radius 3 is 2.67 bits per heavy atom. The molecule has 8 heteroatoms. The number of nitrogens with zero attached hydrogens (tertiary/aromatic N) is 3. The third-order valence-corrected chi connectivity index (χ3v) is 4.91. The number of nitrogens with one attached hydrogen (secondary N) is 2. The van der Waals surface area contributed by atoms with Gasteiger partial charge in [-0.2, -0.15) is 5.10 Å². The van der Waals surface area contributed by atoms with Gasteiger partial charge in [-0.3, -0.25) is 14.3 Å². The number of hydrogen-bond donors (Lipinski definition) is 2. The first-order chi connectivity index (χ1) is 11.0. The minimum absolute atomic E-state index is 0. The Hall–Kier alpha value is -1.60. The fourth-order valence-electron chi connectivity index (χ4n) is 3.57. The molecule has 2 fully saturated rings. The maximum atomic E-state index is 13.0. The molecule has 0 aromatic carbocycles. The second-order valence-corrected chi connectivity index (χ2v) is 6.75. The molecule has 0 spiro atoms. The largest absolute Gasteiger partial charge is 0.349 e. The number of carbonyl (C=O) groups excluding carboxylic acids is 2. The van der Waals surface area contributed by atoms with Crippen molar-refractivity contribution in [3.8, 4) is 0 Å². The zero-order valence-corrected chi connectivity index (χ0v) is 15.0. The minimum atomic E-state index is -0.650. The Kier molecular flexibility index (Phi) is 5.87. The molecule has 2 aliphatic heterocycles. The van der Waals surface area contributed by atoms with Crippen molar-refractivity contribution in [2.24, 2.45) is 0 Å². The fourth-order valence-corrected chi connectivity index (χ4v) is 3.57. The highest BCUT2D eigenvalue weighted by molar-refractivity contribution is 5.87. The molecule has 2 N–H and O–H groups in total. The lowest BCUT2D eigenvalue weighted by atomic mass is 9.87. The maximum absolute atomic E-state index is 13.0. The number of aromatic nitrogens is 2. The van der Waals surface area contributed by atoms with Gasteiger partial charge in [0.25, 0.3) is 0 Å². The Bertz CT molecular complexity index is 569. The van der Waals surface area contributed by atoms with Crippen LogP contribution in [-0.4, -0.2) is 58.2 Å². The normalized spacial score (nSPS) is 23.2. The Balaban J connectivity index is 0.00000208. The molecule has 24 heavy (non-hydrogen) atoms. The maximum Gasteiger partial charge on any atom is 0.248 e. The average Bonchev–Trinajstić information content (AvgIpc) is 3.18. The summed E-state index contributed by atoms with van der Waals surface area (Å²) in [5.74, 6) is 0.0925. The summed E-state index contributed by atoms with van der Waals surface area (Å²) >= 11 is 0. The molecule has 1 atom stereocenters. The molecule has 1 unspecified atom stereocenters. The molecular weight excluding hydrogens is 330 g/mol. The molecule has 0 radical (unpaired) electrons. The molecule has 0 bridgehead atoms. The summed E-state index contributed by atoms with van der Waals surface area (Å²) in [6.07, 6.45) is 5.35. The van der Waals surface area contributed by atoms with Gasteiger partial charge in [-0.05, 0) is 45.8 Å². The summed E-state index contributed by atoms with van der Waals surface area (Å²) in [6, 6.07) is 1.90. The topological polar surface area (TPSA) is 79.3 Å². The van der Waals surface area contributed by atoms with E-state index in [1.165, 1.54) is 0 Å². The van der Waals surface area contributed by atoms with Gasteiger partial charge in [-0.25, -0.2) is 0 Å². The highest BCUT2D eigenvalue weighted by Gasteiger charge is 2.44. The third kappa shape index (κ3) is 3.42. The zero-order chi connectivity index (χ0) is 16.4. The van der Waals surface area contributed by atoms with Crippen molar-refractivity contribution in [1.82, 2.24) is 25.3 Å². The number of carbonyl (C=O) groups is 2. The molecule has 1 aromatic rings. The van der Waals surface area contributed by atoms with Gasteiger partial charge in [0.1, 0.15) is 5.54 Å². The highest BCUT2D eigenvalue weighted by Crippen LogP contribution is 2.28. The summed E-state index contributed by atoms with van der Waals surface area (Å²) in [4.78, 5) is 26.9. The average molecular weight is 356 g/mol. The van der Waals surface area contributed by atoms with Crippen LogP contribution in [0.25, 0.3) is 0 Å². The second kappa shape index (κ2) is 7.53. The van der Waals surface area contributed by atoms with Crippen molar-refractivity contribution in [3.63, 3.8) is 0 Å². The molecule has 7 nitrogen and oxygen atoms in total. The lowest BCUT2D eigenvalue weighted by molar-refractivity contribution is -0.132. The quantitative estimate of drug-likeness (QED) is 0.824. The lowest BCUT2D eigenvalue weighted by Crippen LogP contribution is -2.56. The fraction of sp³-hybridized carbons (Fsp3) is 0.688. The van der Waals surface area contributed by atoms with Crippen LogP contribution in [0.5, 0.6) is 0 Å². The van der Waals surface area contributed by atoms with Gasteiger partial charge in [-0.15, -0.1) is 12.4 Å². The smallest absolute Gasteiger partial charge is 0.248 e. The van der Waals surface area contributed by atoms with E-state index in [2.05, 4.69) is 15.7 Å². The lowest BCUT2D eigenvalue weighted by Gasteiger charge is -2.37. The van der Waals surface area contributed by atoms with Gasteiger partial charge < -0.3 is 15.5 Å². The highest BCUT2D eigenvalue weighted by atomic mass is 35.5. The van der Waals surface area contributed by atoms with E-state index in [0.717, 1.165) is 13.1 Å². The van der Waals surface area contributed by atoms with Crippen LogP contribution in [0, 0.1) is 0 Å². The monoisotopic (exact) mass is 355 g/mol. The van der Waals surface area contributed by atoms with Crippen LogP contribution in [0.1, 0.15) is 33.1 Å². The predicted octanol–water partition coefficient (Wildman–Crippen LogP) is 0.509. The number of piperidine rings is 1. The van der Waals surface area contributed by atoms with Crippen LogP contribution in [0.3, 0.4) is 0 Å². The zero-order valence-electron chi connectivity index (χ0n) is 14.2. The summed E-state index contributed by atoms with van der Waals surface area (Å²) in [7, 11) is 0. The first-order valence-corrected chi connectivity index (χ1v) is 8.34. The van der Waals surface area contributed by atoms with Crippen LogP contribution in [0.15, 0.2) is 18.5 Å². The molecule has 134 valence electrons. The van der Waals surface area contributed by atoms with E-state index in [1.54, 1.807) is 10.9 Å². The molecule has 2 amide bonds. The van der Waals surface area contributed by atoms with Gasteiger partial charge in [-0.1, -0.05) is 0 Å². The molecule has 0 aliphatic carbocycles. The first kappa shape index (κ1) is 18.7. The number of hydrogen-bond acceptors (Lipinski definition) is 4. The second-order valence-electron chi connectivity index (χ2n) is 6.75. The van der Waals surface area contributed by atoms with E-state index in [9.17, 15) is 9.59 Å². The Labute approximate surface area is 148 Å². The Morgan fingerprint density at radius 2 is 2.12 bits per heavy atom. The van der Waals surface area contributed by atoms with Gasteiger partial charge in [0.2, 0.25) is 11.8 Å². The number of likely N-dealkylation sites (tertiary alicyclic amines) is 1. The predicted molar refractivity (Wildman–Crippen MR) is 92.9 cm³/mol. The van der Waals surface area contributed by atoms with Crippen molar-refractivity contribution in [1.29, 1.82) is 0 Å². The van der Waals surface area contributed by atoms with E-state index < -0.39 is 5.54 Å². The van der Waals surface area contributed by atoms with E-state index in [4.69, 9.17) is 0 Å². The Morgan fingerprint density at radius 1 is 1.42 bits per heavy atom. The molecule has 2 saturated heterocycles. The molecule has 3 heterocycles. The standard InChI is InChI=1S/C16H25N5O2.ClH/c1-12(2)20-11-13(10-14(20)22)19-15(23)16(4-7-17-8-5-16)21-9-3-6-18-21;/h3,6,9,12-13,17H,4-5,7-8,10-11H2,1-2H3,(H,19,23);1H. The van der Waals surface area contributed by atoms with Crippen LogP contribution < -0.4 is 10.6 Å². The summed E-state index contributed by atoms with van der Waals surface area (Å²) in [5.41, 5.74) is -0.650. The van der Waals surface area contributed by atoms with Gasteiger partial charge in [0.15, 0.2) is 0 Å². The molecule has 1 aromatic heterocycles. The molecule has 0 saturated carbocycles. The van der Waals surface area contributed by atoms with Crippen molar-refractivity contribution < 1.29 is 9.59 Å². The van der Waals surface area contributed by atoms with Crippen molar-refractivity contribution in [3.05, 3.63) is 18.5 Å². The van der Waals surface area contributed by atoms with E-state index in [0.29, 0.717) is 25.8 Å². The van der Waals surface area contributed by atoms with Gasteiger partial charge in [0.05, 0.1) is 6.04 Å². The number of amides is 2. The van der Waals surface area contributed by atoms with Crippen LogP contribution in [0.4, 0.5) is 0 Å². The summed E-state index contributed by atoms with van der Waals surface area (Å²) < 4.78 is 1.78. The van der Waals surface area contributed by atoms with E-state index in [-0.39, 0.29) is 36.3 Å². The summed E-state index contributed by atoms with van der Waals surface area (Å²) in [5, 5.41) is 10.7. The van der Waals surface area contributed by atoms with E-state index in [1.807, 2.05) is 31.0 Å². The molecular formula is C16H26ClN5O2. The minimum Gasteiger partial charge on any atom is -0.349 e. The summed E-state index contributed by atoms with van der Waals surface area (Å²) in [6.45, 7) is 6.17. The van der Waals surface area contributed by atoms with Crippen molar-refractivity contribution >= 4 is 24.2 Å². The number of halogens is 1.